The zero-order chi connectivity index (χ0) is 6.91. The van der Waals surface area contributed by atoms with E-state index in [0.29, 0.717) is 12.8 Å². The van der Waals surface area contributed by atoms with Crippen LogP contribution in [0.25, 0.3) is 0 Å². The van der Waals surface area contributed by atoms with Crippen molar-refractivity contribution in [1.82, 2.24) is 4.90 Å². The van der Waals surface area contributed by atoms with E-state index in [1.807, 2.05) is 7.05 Å². The van der Waals surface area contributed by atoms with Crippen molar-refractivity contribution < 1.29 is 4.39 Å². The van der Waals surface area contributed by atoms with Gasteiger partial charge in [0.1, 0.15) is 5.67 Å². The second-order valence-electron chi connectivity index (χ2n) is 3.22. The highest BCUT2D eigenvalue weighted by molar-refractivity contribution is 4.80. The van der Waals surface area contributed by atoms with E-state index in [9.17, 15) is 4.39 Å². The van der Waals surface area contributed by atoms with E-state index in [2.05, 4.69) is 4.90 Å². The van der Waals surface area contributed by atoms with Gasteiger partial charge >= 0.3 is 0 Å². The van der Waals surface area contributed by atoms with Gasteiger partial charge in [-0.3, -0.25) is 0 Å². The van der Waals surface area contributed by atoms with Gasteiger partial charge in [0.25, 0.3) is 0 Å². The maximum Gasteiger partial charge on any atom is 0.110 e. The molecule has 0 aromatic rings. The van der Waals surface area contributed by atoms with Crippen LogP contribution in [0.3, 0.4) is 0 Å². The summed E-state index contributed by atoms with van der Waals surface area (Å²) in [6.45, 7) is 3.51. The van der Waals surface area contributed by atoms with Crippen LogP contribution in [0.2, 0.25) is 0 Å². The van der Waals surface area contributed by atoms with Crippen LogP contribution in [-0.4, -0.2) is 30.7 Å². The van der Waals surface area contributed by atoms with Gasteiger partial charge in [-0.15, -0.1) is 0 Å². The molecule has 0 unspecified atom stereocenters. The lowest BCUT2D eigenvalue weighted by molar-refractivity contribution is 0.0870. The number of piperidine rings is 1. The first-order chi connectivity index (χ1) is 4.10. The lowest BCUT2D eigenvalue weighted by Gasteiger charge is -2.31. The predicted octanol–water partition coefficient (Wildman–Crippen LogP) is 1.44. The minimum absolute atomic E-state index is 0.698. The number of hydrogen-bond donors (Lipinski definition) is 0. The monoisotopic (exact) mass is 131 g/mol. The Kier molecular flexibility index (Phi) is 1.75. The number of halogens is 1. The number of alkyl halides is 1. The van der Waals surface area contributed by atoms with Gasteiger partial charge < -0.3 is 4.90 Å². The van der Waals surface area contributed by atoms with E-state index in [0.717, 1.165) is 13.1 Å². The van der Waals surface area contributed by atoms with Crippen LogP contribution in [0.1, 0.15) is 19.8 Å². The van der Waals surface area contributed by atoms with Crippen LogP contribution < -0.4 is 0 Å². The van der Waals surface area contributed by atoms with E-state index in [1.54, 1.807) is 6.92 Å². The van der Waals surface area contributed by atoms with Gasteiger partial charge in [0.15, 0.2) is 0 Å². The Labute approximate surface area is 55.8 Å². The van der Waals surface area contributed by atoms with Crippen LogP contribution in [0.4, 0.5) is 4.39 Å². The average molecular weight is 131 g/mol. The van der Waals surface area contributed by atoms with Crippen molar-refractivity contribution >= 4 is 0 Å². The molecule has 0 amide bonds. The SMILES string of the molecule is CN1CCC(C)(F)CC1. The molecule has 0 bridgehead atoms. The van der Waals surface area contributed by atoms with Gasteiger partial charge in [-0.2, -0.15) is 0 Å². The molecule has 1 aliphatic rings. The first-order valence-corrected chi connectivity index (χ1v) is 3.48. The molecule has 54 valence electrons. The predicted molar refractivity (Wildman–Crippen MR) is 36.2 cm³/mol. The van der Waals surface area contributed by atoms with Crippen molar-refractivity contribution in [3.63, 3.8) is 0 Å². The smallest absolute Gasteiger partial charge is 0.110 e. The molecule has 1 fully saturated rings. The van der Waals surface area contributed by atoms with Gasteiger partial charge in [0.05, 0.1) is 0 Å². The zero-order valence-electron chi connectivity index (χ0n) is 6.15. The standard InChI is InChI=1S/C7H14FN/c1-7(8)3-5-9(2)6-4-7/h3-6H2,1-2H3. The fraction of sp³-hybridized carbons (Fsp3) is 1.00. The molecule has 0 atom stereocenters. The third-order valence-electron chi connectivity index (χ3n) is 2.03. The summed E-state index contributed by atoms with van der Waals surface area (Å²) in [5.41, 5.74) is -0.882. The molecule has 2 heteroatoms. The summed E-state index contributed by atoms with van der Waals surface area (Å²) in [4.78, 5) is 2.17. The van der Waals surface area contributed by atoms with Crippen molar-refractivity contribution in [2.45, 2.75) is 25.4 Å². The first kappa shape index (κ1) is 7.00. The summed E-state index contributed by atoms with van der Waals surface area (Å²) in [6, 6.07) is 0. The molecule has 1 saturated heterocycles. The summed E-state index contributed by atoms with van der Waals surface area (Å²) < 4.78 is 13.0. The van der Waals surface area contributed by atoms with Crippen molar-refractivity contribution in [3.05, 3.63) is 0 Å². The minimum atomic E-state index is -0.882. The molecule has 0 aromatic heterocycles. The largest absolute Gasteiger partial charge is 0.306 e. The minimum Gasteiger partial charge on any atom is -0.306 e. The number of nitrogens with zero attached hydrogens (tertiary/aromatic N) is 1. The van der Waals surface area contributed by atoms with Crippen molar-refractivity contribution in [2.75, 3.05) is 20.1 Å². The summed E-state index contributed by atoms with van der Waals surface area (Å²) in [5, 5.41) is 0. The zero-order valence-corrected chi connectivity index (χ0v) is 6.15. The topological polar surface area (TPSA) is 3.24 Å². The fourth-order valence-corrected chi connectivity index (χ4v) is 1.08. The Hall–Kier alpha value is -0.110. The number of hydrogen-bond acceptors (Lipinski definition) is 1. The summed E-state index contributed by atoms with van der Waals surface area (Å²) in [6.07, 6.45) is 1.40. The van der Waals surface area contributed by atoms with Crippen LogP contribution in [0, 0.1) is 0 Å². The van der Waals surface area contributed by atoms with E-state index in [-0.39, 0.29) is 0 Å². The molecule has 0 radical (unpaired) electrons. The number of rotatable bonds is 0. The molecule has 0 aromatic carbocycles. The van der Waals surface area contributed by atoms with Crippen LogP contribution in [-0.2, 0) is 0 Å². The number of likely N-dealkylation sites (tertiary alicyclic amines) is 1. The Bertz CT molecular complexity index is 91.1. The molecule has 0 aliphatic carbocycles. The molecule has 0 spiro atoms. The third kappa shape index (κ3) is 1.94. The van der Waals surface area contributed by atoms with E-state index < -0.39 is 5.67 Å². The molecule has 0 N–H and O–H groups in total. The maximum absolute atomic E-state index is 13.0. The van der Waals surface area contributed by atoms with Crippen molar-refractivity contribution in [1.29, 1.82) is 0 Å². The Balaban J connectivity index is 2.35. The van der Waals surface area contributed by atoms with E-state index >= 15 is 0 Å². The van der Waals surface area contributed by atoms with E-state index in [4.69, 9.17) is 0 Å². The van der Waals surface area contributed by atoms with E-state index in [1.165, 1.54) is 0 Å². The average Bonchev–Trinajstić information content (AvgIpc) is 1.78. The molecular weight excluding hydrogens is 117 g/mol. The summed E-state index contributed by atoms with van der Waals surface area (Å²) in [7, 11) is 2.04. The second kappa shape index (κ2) is 2.25. The van der Waals surface area contributed by atoms with Gasteiger partial charge in [0, 0.05) is 13.1 Å². The van der Waals surface area contributed by atoms with Gasteiger partial charge in [-0.25, -0.2) is 4.39 Å². The second-order valence-corrected chi connectivity index (χ2v) is 3.22. The van der Waals surface area contributed by atoms with Crippen molar-refractivity contribution in [2.24, 2.45) is 0 Å². The highest BCUT2D eigenvalue weighted by atomic mass is 19.1. The van der Waals surface area contributed by atoms with Crippen LogP contribution >= 0.6 is 0 Å². The van der Waals surface area contributed by atoms with Crippen LogP contribution in [0.5, 0.6) is 0 Å². The molecule has 1 aliphatic heterocycles. The highest BCUT2D eigenvalue weighted by Gasteiger charge is 2.27. The van der Waals surface area contributed by atoms with Crippen LogP contribution in [0.15, 0.2) is 0 Å². The molecule has 1 nitrogen and oxygen atoms in total. The molecule has 0 saturated carbocycles. The molecule has 1 rings (SSSR count). The van der Waals surface area contributed by atoms with Gasteiger partial charge in [-0.05, 0) is 26.8 Å². The first-order valence-electron chi connectivity index (χ1n) is 3.48. The normalized spacial score (nSPS) is 28.3. The highest BCUT2D eigenvalue weighted by Crippen LogP contribution is 2.24. The Morgan fingerprint density at radius 2 is 1.78 bits per heavy atom. The molecule has 9 heavy (non-hydrogen) atoms. The lowest BCUT2D eigenvalue weighted by Crippen LogP contribution is -2.37. The molecular formula is C7H14FN. The lowest BCUT2D eigenvalue weighted by atomic mass is 9.96. The fourth-order valence-electron chi connectivity index (χ4n) is 1.08. The van der Waals surface area contributed by atoms with Gasteiger partial charge in [-0.1, -0.05) is 0 Å². The summed E-state index contributed by atoms with van der Waals surface area (Å²) in [5.74, 6) is 0. The quantitative estimate of drug-likeness (QED) is 0.481. The van der Waals surface area contributed by atoms with Crippen molar-refractivity contribution in [3.8, 4) is 0 Å². The van der Waals surface area contributed by atoms with Gasteiger partial charge in [0.2, 0.25) is 0 Å². The Morgan fingerprint density at radius 1 is 1.33 bits per heavy atom. The maximum atomic E-state index is 13.0. The Morgan fingerprint density at radius 3 is 2.11 bits per heavy atom. The summed E-state index contributed by atoms with van der Waals surface area (Å²) >= 11 is 0. The molecule has 1 heterocycles. The third-order valence-corrected chi connectivity index (χ3v) is 2.03.